The second-order valence-corrected chi connectivity index (χ2v) is 5.04. The van der Waals surface area contributed by atoms with Crippen molar-refractivity contribution in [3.63, 3.8) is 0 Å². The van der Waals surface area contributed by atoms with Crippen LogP contribution in [0.15, 0.2) is 22.7 Å². The van der Waals surface area contributed by atoms with Gasteiger partial charge in [-0.1, -0.05) is 28.1 Å². The molecule has 4 heteroatoms. The first-order valence-corrected chi connectivity index (χ1v) is 6.19. The lowest BCUT2D eigenvalue weighted by Crippen LogP contribution is -2.52. The van der Waals surface area contributed by atoms with Gasteiger partial charge in [-0.05, 0) is 30.5 Å². The molecule has 2 N–H and O–H groups in total. The summed E-state index contributed by atoms with van der Waals surface area (Å²) in [6.07, 6.45) is 0.882. The van der Waals surface area contributed by atoms with E-state index in [1.807, 2.05) is 0 Å². The number of piperazine rings is 1. The number of nitrogens with one attached hydrogen (secondary N) is 2. The lowest BCUT2D eigenvalue weighted by atomic mass is 10.0. The van der Waals surface area contributed by atoms with E-state index < -0.39 is 0 Å². The minimum Gasteiger partial charge on any atom is -0.351 e. The predicted molar refractivity (Wildman–Crippen MR) is 67.4 cm³/mol. The van der Waals surface area contributed by atoms with Crippen LogP contribution in [0.5, 0.6) is 0 Å². The van der Waals surface area contributed by atoms with Crippen LogP contribution in [0.2, 0.25) is 0 Å². The van der Waals surface area contributed by atoms with Crippen molar-refractivity contribution in [1.82, 2.24) is 10.6 Å². The Kier molecular flexibility index (Phi) is 3.61. The van der Waals surface area contributed by atoms with Crippen LogP contribution >= 0.6 is 15.9 Å². The number of aryl methyl sites for hydroxylation is 1. The van der Waals surface area contributed by atoms with Crippen molar-refractivity contribution in [2.75, 3.05) is 13.1 Å². The third-order valence-electron chi connectivity index (χ3n) is 2.75. The van der Waals surface area contributed by atoms with Crippen molar-refractivity contribution in [3.05, 3.63) is 33.8 Å². The van der Waals surface area contributed by atoms with Gasteiger partial charge in [0.2, 0.25) is 5.91 Å². The van der Waals surface area contributed by atoms with Gasteiger partial charge in [-0.3, -0.25) is 4.79 Å². The molecule has 1 aromatic rings. The van der Waals surface area contributed by atoms with E-state index in [1.165, 1.54) is 11.1 Å². The van der Waals surface area contributed by atoms with Gasteiger partial charge in [0.1, 0.15) is 0 Å². The van der Waals surface area contributed by atoms with Gasteiger partial charge in [0.05, 0.1) is 6.54 Å². The molecule has 0 bridgehead atoms. The Morgan fingerprint density at radius 3 is 3.00 bits per heavy atom. The van der Waals surface area contributed by atoms with Crippen molar-refractivity contribution < 1.29 is 4.79 Å². The van der Waals surface area contributed by atoms with Crippen LogP contribution in [0.4, 0.5) is 0 Å². The Morgan fingerprint density at radius 2 is 2.31 bits per heavy atom. The number of hydrogen-bond donors (Lipinski definition) is 2. The third-order valence-corrected chi connectivity index (χ3v) is 3.64. The van der Waals surface area contributed by atoms with Crippen molar-refractivity contribution in [2.24, 2.45) is 0 Å². The predicted octanol–water partition coefficient (Wildman–Crippen LogP) is 1.39. The lowest BCUT2D eigenvalue weighted by molar-refractivity contribution is -0.122. The van der Waals surface area contributed by atoms with E-state index in [2.05, 4.69) is 51.7 Å². The summed E-state index contributed by atoms with van der Waals surface area (Å²) in [4.78, 5) is 11.2. The Bertz CT molecular complexity index is 406. The molecule has 1 aromatic carbocycles. The first-order valence-electron chi connectivity index (χ1n) is 5.40. The second kappa shape index (κ2) is 4.97. The smallest absolute Gasteiger partial charge is 0.234 e. The minimum atomic E-state index is 0.0880. The molecule has 1 aliphatic rings. The zero-order valence-electron chi connectivity index (χ0n) is 9.22. The van der Waals surface area contributed by atoms with E-state index in [0.29, 0.717) is 6.54 Å². The first kappa shape index (κ1) is 11.6. The average molecular weight is 283 g/mol. The molecule has 0 spiro atoms. The summed E-state index contributed by atoms with van der Waals surface area (Å²) in [5, 5.41) is 6.10. The highest BCUT2D eigenvalue weighted by atomic mass is 79.9. The molecule has 2 rings (SSSR count). The van der Waals surface area contributed by atoms with Gasteiger partial charge in [-0.2, -0.15) is 0 Å². The third kappa shape index (κ3) is 2.83. The van der Waals surface area contributed by atoms with E-state index in [-0.39, 0.29) is 11.9 Å². The molecule has 1 unspecified atom stereocenters. The second-order valence-electron chi connectivity index (χ2n) is 4.18. The molecule has 1 aliphatic heterocycles. The standard InChI is InChI=1S/C12H15BrN2O/c1-8-4-9(2-3-11(8)13)5-10-6-14-7-12(16)15-10/h2-4,10,14H,5-7H2,1H3,(H,15,16). The van der Waals surface area contributed by atoms with E-state index in [9.17, 15) is 4.79 Å². The van der Waals surface area contributed by atoms with E-state index in [1.54, 1.807) is 0 Å². The Hall–Kier alpha value is -0.870. The van der Waals surface area contributed by atoms with Gasteiger partial charge < -0.3 is 10.6 Å². The average Bonchev–Trinajstić information content (AvgIpc) is 2.24. The summed E-state index contributed by atoms with van der Waals surface area (Å²) in [6.45, 7) is 3.36. The van der Waals surface area contributed by atoms with Crippen LogP contribution in [-0.2, 0) is 11.2 Å². The van der Waals surface area contributed by atoms with Gasteiger partial charge in [0, 0.05) is 17.1 Å². The Balaban J connectivity index is 2.03. The molecular formula is C12H15BrN2O. The highest BCUT2D eigenvalue weighted by Gasteiger charge is 2.17. The molecule has 0 aliphatic carbocycles. The monoisotopic (exact) mass is 282 g/mol. The van der Waals surface area contributed by atoms with Crippen LogP contribution in [0.1, 0.15) is 11.1 Å². The van der Waals surface area contributed by atoms with E-state index in [0.717, 1.165) is 17.4 Å². The molecule has 1 fully saturated rings. The van der Waals surface area contributed by atoms with Gasteiger partial charge in [-0.15, -0.1) is 0 Å². The summed E-state index contributed by atoms with van der Waals surface area (Å²) in [7, 11) is 0. The molecule has 1 heterocycles. The molecule has 1 atom stereocenters. The fraction of sp³-hybridized carbons (Fsp3) is 0.417. The molecule has 0 radical (unpaired) electrons. The Labute approximate surface area is 104 Å². The fourth-order valence-corrected chi connectivity index (χ4v) is 2.18. The summed E-state index contributed by atoms with van der Waals surface area (Å²) >= 11 is 3.48. The van der Waals surface area contributed by atoms with Gasteiger partial charge in [0.25, 0.3) is 0 Å². The molecule has 0 aromatic heterocycles. The van der Waals surface area contributed by atoms with Crippen molar-refractivity contribution >= 4 is 21.8 Å². The van der Waals surface area contributed by atoms with Gasteiger partial charge >= 0.3 is 0 Å². The lowest BCUT2D eigenvalue weighted by Gasteiger charge is -2.24. The minimum absolute atomic E-state index is 0.0880. The maximum atomic E-state index is 11.2. The number of carbonyl (C=O) groups is 1. The SMILES string of the molecule is Cc1cc(CC2CNCC(=O)N2)ccc1Br. The van der Waals surface area contributed by atoms with Crippen LogP contribution in [-0.4, -0.2) is 25.0 Å². The van der Waals surface area contributed by atoms with Crippen LogP contribution in [0.25, 0.3) is 0 Å². The molecule has 1 amide bonds. The number of carbonyl (C=O) groups excluding carboxylic acids is 1. The molecule has 3 nitrogen and oxygen atoms in total. The first-order chi connectivity index (χ1) is 7.65. The van der Waals surface area contributed by atoms with Crippen molar-refractivity contribution in [3.8, 4) is 0 Å². The highest BCUT2D eigenvalue weighted by Crippen LogP contribution is 2.18. The quantitative estimate of drug-likeness (QED) is 0.861. The zero-order valence-corrected chi connectivity index (χ0v) is 10.8. The zero-order chi connectivity index (χ0) is 11.5. The summed E-state index contributed by atoms with van der Waals surface area (Å²) in [5.74, 6) is 0.0880. The van der Waals surface area contributed by atoms with Gasteiger partial charge in [-0.25, -0.2) is 0 Å². The van der Waals surface area contributed by atoms with E-state index >= 15 is 0 Å². The van der Waals surface area contributed by atoms with Crippen molar-refractivity contribution in [1.29, 1.82) is 0 Å². The number of benzene rings is 1. The topological polar surface area (TPSA) is 41.1 Å². The summed E-state index contributed by atoms with van der Waals surface area (Å²) in [6, 6.07) is 6.52. The van der Waals surface area contributed by atoms with Crippen LogP contribution in [0.3, 0.4) is 0 Å². The largest absolute Gasteiger partial charge is 0.351 e. The number of halogens is 1. The highest BCUT2D eigenvalue weighted by molar-refractivity contribution is 9.10. The summed E-state index contributed by atoms with van der Waals surface area (Å²) < 4.78 is 1.13. The maximum absolute atomic E-state index is 11.2. The van der Waals surface area contributed by atoms with Gasteiger partial charge in [0.15, 0.2) is 0 Å². The molecule has 16 heavy (non-hydrogen) atoms. The molecule has 86 valence electrons. The number of hydrogen-bond acceptors (Lipinski definition) is 2. The Morgan fingerprint density at radius 1 is 1.50 bits per heavy atom. The molecule has 1 saturated heterocycles. The fourth-order valence-electron chi connectivity index (χ4n) is 1.93. The normalized spacial score (nSPS) is 20.6. The number of rotatable bonds is 2. The maximum Gasteiger partial charge on any atom is 0.234 e. The van der Waals surface area contributed by atoms with E-state index in [4.69, 9.17) is 0 Å². The molecular weight excluding hydrogens is 268 g/mol. The number of amides is 1. The van der Waals surface area contributed by atoms with Crippen LogP contribution < -0.4 is 10.6 Å². The van der Waals surface area contributed by atoms with Crippen LogP contribution in [0, 0.1) is 6.92 Å². The summed E-state index contributed by atoms with van der Waals surface area (Å²) in [5.41, 5.74) is 2.49. The van der Waals surface area contributed by atoms with Crippen molar-refractivity contribution in [2.45, 2.75) is 19.4 Å². The molecule has 0 saturated carbocycles.